The first-order valence-corrected chi connectivity index (χ1v) is 8.41. The lowest BCUT2D eigenvalue weighted by atomic mass is 10.0. The maximum atomic E-state index is 10.9. The Kier molecular flexibility index (Phi) is 5.88. The molecule has 0 aliphatic carbocycles. The molecule has 0 rings (SSSR count). The maximum Gasteiger partial charge on any atom is 0.264 e. The topological polar surface area (TPSA) is 86.7 Å². The fourth-order valence-electron chi connectivity index (χ4n) is 1.13. The molecular formula is C8H18O6S2. The van der Waals surface area contributed by atoms with E-state index in [9.17, 15) is 16.8 Å². The molecule has 2 unspecified atom stereocenters. The summed E-state index contributed by atoms with van der Waals surface area (Å²) in [6.45, 7) is 3.34. The van der Waals surface area contributed by atoms with Crippen LogP contribution >= 0.6 is 0 Å². The molecule has 0 aromatic heterocycles. The van der Waals surface area contributed by atoms with E-state index in [1.54, 1.807) is 13.8 Å². The van der Waals surface area contributed by atoms with Crippen LogP contribution in [0, 0.1) is 5.92 Å². The third-order valence-electron chi connectivity index (χ3n) is 1.88. The largest absolute Gasteiger partial charge is 0.270 e. The first kappa shape index (κ1) is 15.8. The van der Waals surface area contributed by atoms with Crippen LogP contribution in [0.4, 0.5) is 0 Å². The van der Waals surface area contributed by atoms with Gasteiger partial charge in [-0.3, -0.25) is 8.37 Å². The molecule has 0 aliphatic rings. The Morgan fingerprint density at radius 2 is 1.56 bits per heavy atom. The molecule has 0 saturated carbocycles. The van der Waals surface area contributed by atoms with Gasteiger partial charge in [-0.1, -0.05) is 13.8 Å². The van der Waals surface area contributed by atoms with Gasteiger partial charge in [0, 0.05) is 5.92 Å². The molecule has 16 heavy (non-hydrogen) atoms. The smallest absolute Gasteiger partial charge is 0.264 e. The fraction of sp³-hybridized carbons (Fsp3) is 1.00. The Hall–Kier alpha value is -0.180. The van der Waals surface area contributed by atoms with Crippen LogP contribution in [0.2, 0.25) is 0 Å². The van der Waals surface area contributed by atoms with E-state index < -0.39 is 26.3 Å². The minimum absolute atomic E-state index is 0.0904. The van der Waals surface area contributed by atoms with E-state index >= 15 is 0 Å². The van der Waals surface area contributed by atoms with Crippen LogP contribution < -0.4 is 0 Å². The molecule has 0 aromatic carbocycles. The second-order valence-electron chi connectivity index (χ2n) is 3.71. The van der Waals surface area contributed by atoms with Crippen molar-refractivity contribution in [2.75, 3.05) is 19.1 Å². The van der Waals surface area contributed by atoms with Crippen LogP contribution in [-0.2, 0) is 28.6 Å². The average Bonchev–Trinajstić information content (AvgIpc) is 2.07. The van der Waals surface area contributed by atoms with Crippen molar-refractivity contribution in [3.63, 3.8) is 0 Å². The van der Waals surface area contributed by atoms with Gasteiger partial charge in [0.25, 0.3) is 20.2 Å². The molecule has 8 heteroatoms. The standard InChI is InChI=1S/C8H18O6S2/c1-5-8(14-16(4,11)12)7(2)6-13-15(3,9)10/h7-8H,5-6H2,1-4H3. The van der Waals surface area contributed by atoms with E-state index in [1.807, 2.05) is 0 Å². The third kappa shape index (κ3) is 8.03. The Balaban J connectivity index is 4.38. The second kappa shape index (κ2) is 5.95. The lowest BCUT2D eigenvalue weighted by molar-refractivity contribution is 0.111. The molecule has 0 spiro atoms. The molecular weight excluding hydrogens is 256 g/mol. The molecule has 0 amide bonds. The SMILES string of the molecule is CCC(OS(C)(=O)=O)C(C)COS(C)(=O)=O. The lowest BCUT2D eigenvalue weighted by Gasteiger charge is -2.20. The van der Waals surface area contributed by atoms with Gasteiger partial charge in [-0.25, -0.2) is 0 Å². The number of rotatable bonds is 7. The summed E-state index contributed by atoms with van der Waals surface area (Å²) >= 11 is 0. The summed E-state index contributed by atoms with van der Waals surface area (Å²) in [6.07, 6.45) is 1.79. The Morgan fingerprint density at radius 1 is 1.06 bits per heavy atom. The van der Waals surface area contributed by atoms with E-state index in [1.165, 1.54) is 0 Å². The zero-order chi connectivity index (χ0) is 13.0. The molecule has 98 valence electrons. The van der Waals surface area contributed by atoms with Crippen molar-refractivity contribution in [1.82, 2.24) is 0 Å². The quantitative estimate of drug-likeness (QED) is 0.623. The van der Waals surface area contributed by atoms with E-state index in [0.717, 1.165) is 12.5 Å². The number of hydrogen-bond donors (Lipinski definition) is 0. The highest BCUT2D eigenvalue weighted by molar-refractivity contribution is 7.86. The monoisotopic (exact) mass is 274 g/mol. The molecule has 6 nitrogen and oxygen atoms in total. The lowest BCUT2D eigenvalue weighted by Crippen LogP contribution is -2.28. The molecule has 2 atom stereocenters. The molecule has 0 saturated heterocycles. The van der Waals surface area contributed by atoms with Gasteiger partial charge in [-0.15, -0.1) is 0 Å². The fourth-order valence-corrected chi connectivity index (χ4v) is 2.36. The van der Waals surface area contributed by atoms with Crippen molar-refractivity contribution in [2.45, 2.75) is 26.4 Å². The van der Waals surface area contributed by atoms with E-state index in [0.29, 0.717) is 6.42 Å². The van der Waals surface area contributed by atoms with Crippen LogP contribution in [0.3, 0.4) is 0 Å². The normalized spacial score (nSPS) is 17.0. The zero-order valence-corrected chi connectivity index (χ0v) is 11.5. The van der Waals surface area contributed by atoms with Gasteiger partial charge in [0.05, 0.1) is 25.2 Å². The Bertz CT molecular complexity index is 396. The van der Waals surface area contributed by atoms with Gasteiger partial charge < -0.3 is 0 Å². The summed E-state index contributed by atoms with van der Waals surface area (Å²) in [7, 11) is -7.05. The highest BCUT2D eigenvalue weighted by Gasteiger charge is 2.22. The van der Waals surface area contributed by atoms with Crippen molar-refractivity contribution in [1.29, 1.82) is 0 Å². The van der Waals surface area contributed by atoms with Crippen molar-refractivity contribution < 1.29 is 25.2 Å². The van der Waals surface area contributed by atoms with Crippen molar-refractivity contribution in [3.8, 4) is 0 Å². The molecule has 0 radical (unpaired) electrons. The van der Waals surface area contributed by atoms with Gasteiger partial charge in [-0.2, -0.15) is 16.8 Å². The molecule has 0 bridgehead atoms. The highest BCUT2D eigenvalue weighted by atomic mass is 32.2. The third-order valence-corrected chi connectivity index (χ3v) is 3.04. The van der Waals surface area contributed by atoms with E-state index in [-0.39, 0.29) is 12.5 Å². The van der Waals surface area contributed by atoms with Gasteiger partial charge in [0.1, 0.15) is 0 Å². The average molecular weight is 274 g/mol. The first-order valence-electron chi connectivity index (χ1n) is 4.78. The van der Waals surface area contributed by atoms with Crippen LogP contribution in [0.1, 0.15) is 20.3 Å². The predicted molar refractivity (Wildman–Crippen MR) is 60.0 cm³/mol. The van der Waals surface area contributed by atoms with Crippen LogP contribution in [0.5, 0.6) is 0 Å². The maximum absolute atomic E-state index is 10.9. The molecule has 0 aromatic rings. The van der Waals surface area contributed by atoms with E-state index in [2.05, 4.69) is 4.18 Å². The summed E-state index contributed by atoms with van der Waals surface area (Å²) in [5, 5.41) is 0. The van der Waals surface area contributed by atoms with Crippen LogP contribution in [-0.4, -0.2) is 42.1 Å². The minimum Gasteiger partial charge on any atom is -0.270 e. The second-order valence-corrected chi connectivity index (χ2v) is 6.96. The number of hydrogen-bond acceptors (Lipinski definition) is 6. The minimum atomic E-state index is -3.54. The molecule has 0 aliphatic heterocycles. The van der Waals surface area contributed by atoms with Crippen molar-refractivity contribution in [2.24, 2.45) is 5.92 Å². The molecule has 0 fully saturated rings. The first-order chi connectivity index (χ1) is 7.05. The van der Waals surface area contributed by atoms with Gasteiger partial charge in [0.15, 0.2) is 0 Å². The van der Waals surface area contributed by atoms with Gasteiger partial charge >= 0.3 is 0 Å². The predicted octanol–water partition coefficient (Wildman–Crippen LogP) is 0.354. The summed E-state index contributed by atoms with van der Waals surface area (Å²) < 4.78 is 52.7. The van der Waals surface area contributed by atoms with Gasteiger partial charge in [-0.05, 0) is 6.42 Å². The summed E-state index contributed by atoms with van der Waals surface area (Å²) in [5.41, 5.74) is 0. The molecule has 0 heterocycles. The Morgan fingerprint density at radius 3 is 1.88 bits per heavy atom. The highest BCUT2D eigenvalue weighted by Crippen LogP contribution is 2.14. The van der Waals surface area contributed by atoms with Crippen molar-refractivity contribution in [3.05, 3.63) is 0 Å². The van der Waals surface area contributed by atoms with Crippen LogP contribution in [0.25, 0.3) is 0 Å². The van der Waals surface area contributed by atoms with Crippen molar-refractivity contribution >= 4 is 20.2 Å². The van der Waals surface area contributed by atoms with Crippen LogP contribution in [0.15, 0.2) is 0 Å². The van der Waals surface area contributed by atoms with Gasteiger partial charge in [0.2, 0.25) is 0 Å². The van der Waals surface area contributed by atoms with E-state index in [4.69, 9.17) is 4.18 Å². The summed E-state index contributed by atoms with van der Waals surface area (Å²) in [4.78, 5) is 0. The summed E-state index contributed by atoms with van der Waals surface area (Å²) in [5.74, 6) is -0.325. The summed E-state index contributed by atoms with van der Waals surface area (Å²) in [6, 6.07) is 0. The zero-order valence-electron chi connectivity index (χ0n) is 9.83. The molecule has 0 N–H and O–H groups in total. The Labute approximate surface area is 97.2 Å².